The van der Waals surface area contributed by atoms with E-state index in [-0.39, 0.29) is 229 Å². The monoisotopic (exact) mass is 1970 g/mol. The Morgan fingerprint density at radius 3 is 0.476 bits per heavy atom. The molecule has 103 heavy (non-hydrogen) atoms. The molecule has 0 N–H and O–H groups in total. The van der Waals surface area contributed by atoms with E-state index in [1.807, 2.05) is 17.8 Å². The van der Waals surface area contributed by atoms with Crippen LogP contribution in [0.4, 0.5) is 0 Å². The van der Waals surface area contributed by atoms with Crippen LogP contribution in [0.2, 0.25) is 0 Å². The fraction of sp³-hybridized carbons (Fsp3) is 0.854. The average Bonchev–Trinajstić information content (AvgIpc) is 1.26. The van der Waals surface area contributed by atoms with Crippen molar-refractivity contribution in [2.45, 2.75) is 473 Å². The molecule has 0 spiro atoms. The Labute approximate surface area is 839 Å². The molecule has 0 saturated heterocycles. The zero-order valence-electron chi connectivity index (χ0n) is 75.7. The van der Waals surface area contributed by atoms with Crippen LogP contribution in [0.1, 0.15) is 473 Å². The van der Waals surface area contributed by atoms with Crippen molar-refractivity contribution in [3.63, 3.8) is 0 Å². The van der Waals surface area contributed by atoms with Crippen LogP contribution in [0.5, 0.6) is 0 Å². The van der Waals surface area contributed by atoms with E-state index in [0.29, 0.717) is 16.2 Å². The van der Waals surface area contributed by atoms with Crippen molar-refractivity contribution in [3.05, 3.63) is 92.9 Å². The van der Waals surface area contributed by atoms with E-state index in [4.69, 9.17) is 0 Å². The summed E-state index contributed by atoms with van der Waals surface area (Å²) in [6.45, 7) is 85.3. The van der Waals surface area contributed by atoms with E-state index >= 15 is 0 Å². The third-order valence-electron chi connectivity index (χ3n) is 16.7. The molecule has 7 heteroatoms. The summed E-state index contributed by atoms with van der Waals surface area (Å²) in [5, 5.41) is 0. The molecule has 0 nitrogen and oxygen atoms in total. The van der Waals surface area contributed by atoms with Gasteiger partial charge in [0.25, 0.3) is 0 Å². The summed E-state index contributed by atoms with van der Waals surface area (Å²) in [4.78, 5) is 0. The van der Waals surface area contributed by atoms with E-state index in [1.165, 1.54) is 283 Å². The molecule has 7 radical (unpaired) electrons. The van der Waals surface area contributed by atoms with Crippen LogP contribution in [0, 0.1) is 151 Å². The fourth-order valence-electron chi connectivity index (χ4n) is 12.2. The summed E-state index contributed by atoms with van der Waals surface area (Å²) >= 11 is 0. The second-order valence-corrected chi connectivity index (χ2v) is 35.5. The van der Waals surface area contributed by atoms with Crippen LogP contribution in [0.15, 0.2) is 0 Å². The standard InChI is InChI=1S/5C10H18.2C9H16.7C4H10.7Y/c2*1-3-7-10(2)8-5-4-6-9-10;3*1-2-3-7-10-8-5-4-6-9-10;1-3-6-9(2)7-4-5-8-9;1-2-6-9-7-4-3-5-8-9;7*1-4(2)3;;;;;;;/h5*1-9H2;2*1-8H2;7*4H,1-3H3;;;;;;;/q7*-2;;;;;;;;;;;;;;. The zero-order chi connectivity index (χ0) is 74.9. The Morgan fingerprint density at radius 1 is 0.204 bits per heavy atom. The van der Waals surface area contributed by atoms with Gasteiger partial charge in [-0.15, -0.1) is 38.5 Å². The Hall–Kier alpha value is 7.73. The summed E-state index contributed by atoms with van der Waals surface area (Å²) in [5.41, 5.74) is 1.27. The van der Waals surface area contributed by atoms with Crippen LogP contribution in [-0.2, 0) is 229 Å². The van der Waals surface area contributed by atoms with Crippen LogP contribution >= 0.6 is 0 Å². The summed E-state index contributed by atoms with van der Waals surface area (Å²) in [7, 11) is 0. The fourth-order valence-corrected chi connectivity index (χ4v) is 12.2. The van der Waals surface area contributed by atoms with E-state index in [1.54, 1.807) is 5.92 Å². The Kier molecular flexibility index (Phi) is 149. The summed E-state index contributed by atoms with van der Waals surface area (Å²) in [6, 6.07) is 0. The molecule has 7 aliphatic carbocycles. The summed E-state index contributed by atoms with van der Waals surface area (Å²) in [6.07, 6.45) is 68.6. The zero-order valence-corrected chi connectivity index (χ0v) is 95.6. The Bertz CT molecular complexity index is 1170. The van der Waals surface area contributed by atoms with E-state index in [9.17, 15) is 0 Å². The topological polar surface area (TPSA) is 0 Å². The predicted molar refractivity (Wildman–Crippen MR) is 453 cm³/mol. The van der Waals surface area contributed by atoms with Crippen molar-refractivity contribution in [1.82, 2.24) is 0 Å². The molecule has 7 saturated carbocycles. The molecule has 0 amide bonds. The van der Waals surface area contributed by atoms with Gasteiger partial charge in [-0.05, 0) is 41.4 Å². The maximum Gasteiger partial charge on any atom is 0 e. The maximum absolute atomic E-state index is 4.28. The SMILES string of the molecule is CC(C)C.CC(C)C.CC(C)C.CC(C)C.CC(C)C.CC(C)C.CC(C)C.[CH2-]CCC1([CH2-])CCCC1.[CH2-]CCC1([CH2-])CCCCC1.[CH2-]CCC1([CH2-])CCCCC1.[CH2-]CCC[C-]1CCCCC1.[CH2-]CCC[C-]1CCCCC1.[CH2-]CCC[C-]1CCCCC1.[CH2-]CC[C-]1CCCCC1.[Y].[Y].[Y].[Y].[Y].[Y].[Y]. The van der Waals surface area contributed by atoms with Gasteiger partial charge < -0.3 is 92.9 Å². The second-order valence-electron chi connectivity index (χ2n) is 35.5. The molecule has 7 fully saturated rings. The minimum atomic E-state index is 0. The molecule has 0 bridgehead atoms. The molecule has 0 aromatic carbocycles. The molecule has 7 aliphatic rings. The first-order chi connectivity index (χ1) is 45.2. The molecule has 0 unspecified atom stereocenters. The van der Waals surface area contributed by atoms with Crippen molar-refractivity contribution in [3.8, 4) is 0 Å². The van der Waals surface area contributed by atoms with Crippen LogP contribution in [0.3, 0.4) is 0 Å². The van der Waals surface area contributed by atoms with Crippen LogP contribution in [-0.4, -0.2) is 0 Å². The molecule has 0 aliphatic heterocycles. The molecule has 7 rings (SSSR count). The van der Waals surface area contributed by atoms with Crippen molar-refractivity contribution >= 4 is 0 Å². The number of hydrogen-bond donors (Lipinski definition) is 0. The molecule has 611 valence electrons. The molecule has 0 atom stereocenters. The minimum Gasteiger partial charge on any atom is -0.346 e. The normalized spacial score (nSPS) is 17.5. The van der Waals surface area contributed by atoms with E-state index in [2.05, 4.69) is 215 Å². The molecule has 0 aromatic rings. The maximum atomic E-state index is 4.28. The largest absolute Gasteiger partial charge is 0.346 e. The van der Waals surface area contributed by atoms with Crippen LogP contribution in [0.25, 0.3) is 0 Å². The number of unbranched alkanes of at least 4 members (excludes halogenated alkanes) is 3. The van der Waals surface area contributed by atoms with Crippen LogP contribution < -0.4 is 0 Å². The first kappa shape index (κ1) is 142. The predicted octanol–water partition coefficient (Wildman–Crippen LogP) is 35.1. The van der Waals surface area contributed by atoms with Gasteiger partial charge in [0.1, 0.15) is 0 Å². The van der Waals surface area contributed by atoms with Crippen molar-refractivity contribution < 1.29 is 229 Å². The Balaban J connectivity index is -0.0000000698. The molecular weight excluding hydrogens is 1780 g/mol. The number of hydrogen-bond acceptors (Lipinski definition) is 0. The first-order valence-corrected chi connectivity index (χ1v) is 42.6. The van der Waals surface area contributed by atoms with E-state index < -0.39 is 0 Å². The third kappa shape index (κ3) is 139. The van der Waals surface area contributed by atoms with Gasteiger partial charge in [-0.25, -0.2) is 12.8 Å². The van der Waals surface area contributed by atoms with Gasteiger partial charge in [-0.3, -0.25) is 0 Å². The quantitative estimate of drug-likeness (QED) is 0.127. The molecular formula is C96H192Y7-14. The van der Waals surface area contributed by atoms with Gasteiger partial charge >= 0.3 is 0 Å². The first-order valence-electron chi connectivity index (χ1n) is 42.6. The van der Waals surface area contributed by atoms with Crippen molar-refractivity contribution in [1.29, 1.82) is 0 Å². The van der Waals surface area contributed by atoms with Crippen molar-refractivity contribution in [2.75, 3.05) is 0 Å². The van der Waals surface area contributed by atoms with Gasteiger partial charge in [-0.2, -0.15) is 125 Å². The molecule has 0 heterocycles. The van der Waals surface area contributed by atoms with Gasteiger partial charge in [0.2, 0.25) is 0 Å². The second kappa shape index (κ2) is 108. The Morgan fingerprint density at radius 2 is 0.340 bits per heavy atom. The summed E-state index contributed by atoms with van der Waals surface area (Å²) in [5.74, 6) is 13.1. The third-order valence-corrected chi connectivity index (χ3v) is 16.7. The average molecular weight is 1970 g/mol. The van der Waals surface area contributed by atoms with E-state index in [0.717, 1.165) is 86.4 Å². The van der Waals surface area contributed by atoms with Gasteiger partial charge in [0.15, 0.2) is 0 Å². The van der Waals surface area contributed by atoms with Gasteiger partial charge in [0.05, 0.1) is 0 Å². The molecule has 0 aromatic heterocycles. The van der Waals surface area contributed by atoms with Gasteiger partial charge in [0, 0.05) is 229 Å². The van der Waals surface area contributed by atoms with Gasteiger partial charge in [-0.1, -0.05) is 312 Å². The minimum absolute atomic E-state index is 0. The van der Waals surface area contributed by atoms with Crippen molar-refractivity contribution in [2.24, 2.45) is 57.7 Å². The summed E-state index contributed by atoms with van der Waals surface area (Å²) < 4.78 is 0. The number of rotatable bonds is 17. The smallest absolute Gasteiger partial charge is 0 e.